The van der Waals surface area contributed by atoms with Crippen LogP contribution in [0.3, 0.4) is 0 Å². The summed E-state index contributed by atoms with van der Waals surface area (Å²) in [5.41, 5.74) is 0.135. The van der Waals surface area contributed by atoms with E-state index >= 15 is 0 Å². The summed E-state index contributed by atoms with van der Waals surface area (Å²) < 4.78 is 0. The van der Waals surface area contributed by atoms with Crippen LogP contribution in [0.4, 0.5) is 0 Å². The minimum atomic E-state index is -1.31. The van der Waals surface area contributed by atoms with Crippen LogP contribution in [-0.4, -0.2) is 43.3 Å². The molecule has 0 radical (unpaired) electrons. The fourth-order valence-corrected chi connectivity index (χ4v) is 2.26. The molecule has 0 fully saturated rings. The van der Waals surface area contributed by atoms with E-state index < -0.39 is 35.0 Å². The molecule has 5 N–H and O–H groups in total. The van der Waals surface area contributed by atoms with E-state index in [1.807, 2.05) is 0 Å². The van der Waals surface area contributed by atoms with Gasteiger partial charge in [-0.25, -0.2) is 9.59 Å². The van der Waals surface area contributed by atoms with Gasteiger partial charge in [0.15, 0.2) is 5.78 Å². The Hall–Kier alpha value is -4.33. The highest BCUT2D eigenvalue weighted by Gasteiger charge is 2.10. The molecule has 148 valence electrons. The highest BCUT2D eigenvalue weighted by atomic mass is 16.4. The van der Waals surface area contributed by atoms with Gasteiger partial charge in [0, 0.05) is 6.08 Å². The van der Waals surface area contributed by atoms with Crippen molar-refractivity contribution < 1.29 is 39.9 Å². The van der Waals surface area contributed by atoms with Gasteiger partial charge in [-0.2, -0.15) is 0 Å². The molecule has 0 aliphatic rings. The van der Waals surface area contributed by atoms with E-state index in [1.54, 1.807) is 0 Å². The van der Waals surface area contributed by atoms with Gasteiger partial charge in [0.05, 0.1) is 0 Å². The Morgan fingerprint density at radius 3 is 1.59 bits per heavy atom. The van der Waals surface area contributed by atoms with E-state index in [0.717, 1.165) is 12.2 Å². The Balaban J connectivity index is 2.11. The Bertz CT molecular complexity index is 1060. The number of hydrogen-bond donors (Lipinski definition) is 5. The number of carboxylic acid groups (broad SMARTS) is 2. The molecule has 0 aliphatic heterocycles. The molecule has 29 heavy (non-hydrogen) atoms. The fourth-order valence-electron chi connectivity index (χ4n) is 2.26. The van der Waals surface area contributed by atoms with Crippen molar-refractivity contribution in [1.29, 1.82) is 0 Å². The van der Waals surface area contributed by atoms with Crippen LogP contribution < -0.4 is 0 Å². The quantitative estimate of drug-likeness (QED) is 0.272. The largest absolute Gasteiger partial charge is 0.508 e. The summed E-state index contributed by atoms with van der Waals surface area (Å²) in [5.74, 6) is -4.40. The highest BCUT2D eigenvalue weighted by molar-refractivity contribution is 6.02. The normalized spacial score (nSPS) is 11.8. The first-order valence-corrected chi connectivity index (χ1v) is 8.11. The Kier molecular flexibility index (Phi) is 6.54. The number of aromatic carboxylic acids is 2. The third kappa shape index (κ3) is 5.83. The monoisotopic (exact) mass is 396 g/mol. The van der Waals surface area contributed by atoms with Crippen molar-refractivity contribution in [2.45, 2.75) is 0 Å². The van der Waals surface area contributed by atoms with E-state index in [2.05, 4.69) is 0 Å². The number of allylic oxidation sites excluding steroid dienone is 3. The van der Waals surface area contributed by atoms with Crippen LogP contribution >= 0.6 is 0 Å². The lowest BCUT2D eigenvalue weighted by Crippen LogP contribution is -1.97. The molecule has 2 aromatic carbocycles. The predicted octanol–water partition coefficient (Wildman–Crippen LogP) is 3.23. The standard InChI is InChI=1S/C21H16O8/c22-14(5-1-12-3-7-18(24)16(9-12)20(26)27)11-15(23)6-2-13-4-8-19(25)17(10-13)21(28)29/h1-11,22,24-25H,(H,26,27)(H,28,29)/b5-1+,6-2+,14-11-. The van der Waals surface area contributed by atoms with E-state index in [1.165, 1.54) is 54.6 Å². The molecule has 0 bridgehead atoms. The summed E-state index contributed by atoms with van der Waals surface area (Å²) in [6.45, 7) is 0. The van der Waals surface area contributed by atoms with Crippen molar-refractivity contribution in [3.05, 3.63) is 82.6 Å². The lowest BCUT2D eigenvalue weighted by atomic mass is 10.1. The first kappa shape index (κ1) is 21.0. The van der Waals surface area contributed by atoms with Crippen LogP contribution in [0, 0.1) is 0 Å². The zero-order valence-corrected chi connectivity index (χ0v) is 14.8. The van der Waals surface area contributed by atoms with E-state index in [4.69, 9.17) is 10.2 Å². The number of carbonyl (C=O) groups is 3. The van der Waals surface area contributed by atoms with Crippen LogP contribution in [-0.2, 0) is 4.79 Å². The molecule has 0 aromatic heterocycles. The van der Waals surface area contributed by atoms with E-state index in [9.17, 15) is 29.7 Å². The molecule has 2 rings (SSSR count). The summed E-state index contributed by atoms with van der Waals surface area (Å²) >= 11 is 0. The molecule has 0 heterocycles. The number of rotatable bonds is 7. The smallest absolute Gasteiger partial charge is 0.339 e. The van der Waals surface area contributed by atoms with Crippen molar-refractivity contribution in [1.82, 2.24) is 0 Å². The topological polar surface area (TPSA) is 152 Å². The number of aliphatic hydroxyl groups is 1. The van der Waals surface area contributed by atoms with Gasteiger partial charge in [-0.15, -0.1) is 0 Å². The maximum Gasteiger partial charge on any atom is 0.339 e. The number of hydrogen-bond acceptors (Lipinski definition) is 6. The van der Waals surface area contributed by atoms with E-state index in [0.29, 0.717) is 11.1 Å². The molecule has 0 saturated heterocycles. The van der Waals surface area contributed by atoms with Gasteiger partial charge in [-0.3, -0.25) is 4.79 Å². The molecule has 0 aliphatic carbocycles. The van der Waals surface area contributed by atoms with Crippen LogP contribution in [0.15, 0.2) is 60.4 Å². The average molecular weight is 396 g/mol. The number of ketones is 1. The van der Waals surface area contributed by atoms with Crippen molar-refractivity contribution in [2.75, 3.05) is 0 Å². The maximum absolute atomic E-state index is 11.9. The molecule has 2 aromatic rings. The zero-order chi connectivity index (χ0) is 21.6. The van der Waals surface area contributed by atoms with Crippen LogP contribution in [0.1, 0.15) is 31.8 Å². The van der Waals surface area contributed by atoms with Crippen molar-refractivity contribution in [2.24, 2.45) is 0 Å². The molecule has 0 unspecified atom stereocenters. The van der Waals surface area contributed by atoms with Gasteiger partial charge < -0.3 is 25.5 Å². The lowest BCUT2D eigenvalue weighted by molar-refractivity contribution is -0.110. The molecule has 8 heteroatoms. The van der Waals surface area contributed by atoms with Crippen LogP contribution in [0.25, 0.3) is 12.2 Å². The second kappa shape index (κ2) is 9.05. The Morgan fingerprint density at radius 2 is 1.14 bits per heavy atom. The summed E-state index contributed by atoms with van der Waals surface area (Å²) in [7, 11) is 0. The Morgan fingerprint density at radius 1 is 0.690 bits per heavy atom. The summed E-state index contributed by atoms with van der Waals surface area (Å²) in [6, 6.07) is 7.62. The number of carboxylic acids is 2. The van der Waals surface area contributed by atoms with E-state index in [-0.39, 0.29) is 11.1 Å². The summed E-state index contributed by atoms with van der Waals surface area (Å²) in [4.78, 5) is 33.8. The minimum Gasteiger partial charge on any atom is -0.508 e. The van der Waals surface area contributed by atoms with Gasteiger partial charge in [0.25, 0.3) is 0 Å². The molecule has 0 spiro atoms. The fraction of sp³-hybridized carbons (Fsp3) is 0. The lowest BCUT2D eigenvalue weighted by Gasteiger charge is -2.01. The molecular formula is C21H16O8. The zero-order valence-electron chi connectivity index (χ0n) is 14.8. The molecule has 8 nitrogen and oxygen atoms in total. The first-order valence-electron chi connectivity index (χ1n) is 8.11. The number of aliphatic hydroxyl groups excluding tert-OH is 1. The maximum atomic E-state index is 11.9. The third-order valence-electron chi connectivity index (χ3n) is 3.68. The van der Waals surface area contributed by atoms with Gasteiger partial charge >= 0.3 is 11.9 Å². The summed E-state index contributed by atoms with van der Waals surface area (Å²) in [5, 5.41) is 46.6. The van der Waals surface area contributed by atoms with Crippen LogP contribution in [0.5, 0.6) is 11.5 Å². The van der Waals surface area contributed by atoms with Gasteiger partial charge in [0.2, 0.25) is 0 Å². The number of benzene rings is 2. The van der Waals surface area contributed by atoms with Crippen molar-refractivity contribution in [3.63, 3.8) is 0 Å². The van der Waals surface area contributed by atoms with Gasteiger partial charge in [0.1, 0.15) is 28.4 Å². The van der Waals surface area contributed by atoms with Gasteiger partial charge in [-0.1, -0.05) is 24.3 Å². The second-order valence-corrected chi connectivity index (χ2v) is 5.80. The molecular weight excluding hydrogens is 380 g/mol. The Labute approximate surface area is 164 Å². The van der Waals surface area contributed by atoms with Crippen molar-refractivity contribution in [3.8, 4) is 11.5 Å². The summed E-state index contributed by atoms with van der Waals surface area (Å²) in [6.07, 6.45) is 5.86. The minimum absolute atomic E-state index is 0.302. The average Bonchev–Trinajstić information content (AvgIpc) is 2.66. The number of carbonyl (C=O) groups excluding carboxylic acids is 1. The van der Waals surface area contributed by atoms with Gasteiger partial charge in [-0.05, 0) is 47.5 Å². The molecule has 0 amide bonds. The first-order chi connectivity index (χ1) is 13.7. The number of phenols is 2. The van der Waals surface area contributed by atoms with Crippen molar-refractivity contribution >= 4 is 29.9 Å². The number of aromatic hydroxyl groups is 2. The van der Waals surface area contributed by atoms with Crippen LogP contribution in [0.2, 0.25) is 0 Å². The highest BCUT2D eigenvalue weighted by Crippen LogP contribution is 2.20. The molecule has 0 saturated carbocycles. The third-order valence-corrected chi connectivity index (χ3v) is 3.68. The predicted molar refractivity (Wildman–Crippen MR) is 104 cm³/mol. The molecule has 0 atom stereocenters. The second-order valence-electron chi connectivity index (χ2n) is 5.80. The SMILES string of the molecule is O=C(/C=C(O)/C=C/c1ccc(O)c(C(=O)O)c1)/C=C/c1ccc(O)c(C(=O)O)c1.